The molecule has 6 heteroatoms. The Morgan fingerprint density at radius 1 is 0.345 bits per heavy atom. The van der Waals surface area contributed by atoms with Crippen molar-refractivity contribution in [2.45, 2.75) is 252 Å². The van der Waals surface area contributed by atoms with Gasteiger partial charge in [0.25, 0.3) is 0 Å². The molecule has 0 heterocycles. The van der Waals surface area contributed by atoms with Crippen molar-refractivity contribution in [1.82, 2.24) is 0 Å². The first-order valence-electron chi connectivity index (χ1n) is 24.7. The SMILES string of the molecule is CCCC/C=C\C=C/CCCCCC(=O)OCC(COC(=O)CCCCCCCCC/C=C\CCCCCC)OC(=O)CCCCC/C=C\CCCCCCCCC. The van der Waals surface area contributed by atoms with Gasteiger partial charge in [0, 0.05) is 19.3 Å². The lowest BCUT2D eigenvalue weighted by Crippen LogP contribution is -2.30. The standard InChI is InChI=1S/C52H92O6/c1-4-7-10-13-16-19-22-24-26-28-30-33-36-39-42-45-51(54)57-48-49(47-56-50(53)44-41-38-35-32-29-21-18-15-12-9-6-3)58-52(55)46-43-40-37-34-31-27-25-23-20-17-14-11-8-5-2/h15,18-19,21-22,27,29,31,49H,4-14,16-17,20,23-26,28,30,32-48H2,1-3H3/b18-15-,22-19-,29-21-,31-27-. The average Bonchev–Trinajstić information content (AvgIpc) is 3.22. The number of carbonyl (C=O) groups is 3. The average molecular weight is 813 g/mol. The van der Waals surface area contributed by atoms with E-state index in [1.54, 1.807) is 0 Å². The molecule has 0 aromatic carbocycles. The second-order valence-electron chi connectivity index (χ2n) is 16.4. The topological polar surface area (TPSA) is 78.9 Å². The van der Waals surface area contributed by atoms with Crippen LogP contribution >= 0.6 is 0 Å². The van der Waals surface area contributed by atoms with Crippen LogP contribution in [-0.2, 0) is 28.6 Å². The van der Waals surface area contributed by atoms with E-state index in [-0.39, 0.29) is 31.1 Å². The first-order valence-corrected chi connectivity index (χ1v) is 24.7. The first-order chi connectivity index (χ1) is 28.5. The van der Waals surface area contributed by atoms with Crippen LogP contribution in [0.4, 0.5) is 0 Å². The molecule has 0 saturated heterocycles. The minimum absolute atomic E-state index is 0.0895. The summed E-state index contributed by atoms with van der Waals surface area (Å²) in [5.41, 5.74) is 0. The summed E-state index contributed by atoms with van der Waals surface area (Å²) in [6.07, 6.45) is 55.2. The summed E-state index contributed by atoms with van der Waals surface area (Å²) in [4.78, 5) is 37.8. The molecule has 0 aliphatic rings. The van der Waals surface area contributed by atoms with Gasteiger partial charge >= 0.3 is 17.9 Å². The van der Waals surface area contributed by atoms with E-state index in [9.17, 15) is 14.4 Å². The van der Waals surface area contributed by atoms with E-state index in [0.717, 1.165) is 83.5 Å². The minimum atomic E-state index is -0.790. The highest BCUT2D eigenvalue weighted by atomic mass is 16.6. The fraction of sp³-hybridized carbons (Fsp3) is 0.788. The highest BCUT2D eigenvalue weighted by Gasteiger charge is 2.19. The van der Waals surface area contributed by atoms with Crippen LogP contribution in [0.3, 0.4) is 0 Å². The zero-order valence-corrected chi connectivity index (χ0v) is 38.3. The lowest BCUT2D eigenvalue weighted by atomic mass is 10.1. The molecule has 0 bridgehead atoms. The van der Waals surface area contributed by atoms with E-state index in [0.29, 0.717) is 19.3 Å². The summed E-state index contributed by atoms with van der Waals surface area (Å²) in [5.74, 6) is -0.936. The maximum Gasteiger partial charge on any atom is 0.306 e. The van der Waals surface area contributed by atoms with Crippen molar-refractivity contribution >= 4 is 17.9 Å². The third-order valence-corrected chi connectivity index (χ3v) is 10.6. The number of hydrogen-bond donors (Lipinski definition) is 0. The monoisotopic (exact) mass is 813 g/mol. The van der Waals surface area contributed by atoms with Crippen LogP contribution in [0.5, 0.6) is 0 Å². The molecule has 1 atom stereocenters. The van der Waals surface area contributed by atoms with E-state index in [2.05, 4.69) is 69.4 Å². The van der Waals surface area contributed by atoms with Gasteiger partial charge in [-0.1, -0.05) is 185 Å². The largest absolute Gasteiger partial charge is 0.462 e. The van der Waals surface area contributed by atoms with E-state index in [4.69, 9.17) is 14.2 Å². The molecule has 0 N–H and O–H groups in total. The summed E-state index contributed by atoms with van der Waals surface area (Å²) in [6, 6.07) is 0. The summed E-state index contributed by atoms with van der Waals surface area (Å²) in [7, 11) is 0. The molecule has 0 aliphatic carbocycles. The fourth-order valence-corrected chi connectivity index (χ4v) is 6.76. The van der Waals surface area contributed by atoms with Crippen molar-refractivity contribution in [2.75, 3.05) is 13.2 Å². The molecule has 0 aromatic rings. The minimum Gasteiger partial charge on any atom is -0.462 e. The summed E-state index contributed by atoms with van der Waals surface area (Å²) in [6.45, 7) is 6.53. The quantitative estimate of drug-likeness (QED) is 0.0200. The van der Waals surface area contributed by atoms with Gasteiger partial charge < -0.3 is 14.2 Å². The second-order valence-corrected chi connectivity index (χ2v) is 16.4. The Morgan fingerprint density at radius 2 is 0.638 bits per heavy atom. The number of allylic oxidation sites excluding steroid dienone is 8. The molecule has 336 valence electrons. The van der Waals surface area contributed by atoms with Crippen LogP contribution in [-0.4, -0.2) is 37.2 Å². The first kappa shape index (κ1) is 55.4. The van der Waals surface area contributed by atoms with Crippen LogP contribution < -0.4 is 0 Å². The van der Waals surface area contributed by atoms with Gasteiger partial charge in [-0.15, -0.1) is 0 Å². The Kier molecular flexibility index (Phi) is 44.9. The maximum atomic E-state index is 12.7. The van der Waals surface area contributed by atoms with Crippen molar-refractivity contribution in [3.05, 3.63) is 48.6 Å². The van der Waals surface area contributed by atoms with Crippen molar-refractivity contribution in [1.29, 1.82) is 0 Å². The van der Waals surface area contributed by atoms with E-state index >= 15 is 0 Å². The molecule has 0 amide bonds. The highest BCUT2D eigenvalue weighted by molar-refractivity contribution is 5.71. The van der Waals surface area contributed by atoms with Crippen LogP contribution in [0.2, 0.25) is 0 Å². The van der Waals surface area contributed by atoms with Crippen molar-refractivity contribution < 1.29 is 28.6 Å². The Balaban J connectivity index is 4.41. The van der Waals surface area contributed by atoms with Crippen LogP contribution in [0, 0.1) is 0 Å². The molecule has 0 spiro atoms. The molecule has 0 saturated carbocycles. The fourth-order valence-electron chi connectivity index (χ4n) is 6.76. The summed E-state index contributed by atoms with van der Waals surface area (Å²) >= 11 is 0. The third kappa shape index (κ3) is 44.5. The Bertz CT molecular complexity index is 1030. The second kappa shape index (κ2) is 47.1. The lowest BCUT2D eigenvalue weighted by Gasteiger charge is -2.18. The van der Waals surface area contributed by atoms with Crippen molar-refractivity contribution in [2.24, 2.45) is 0 Å². The van der Waals surface area contributed by atoms with Crippen molar-refractivity contribution in [3.8, 4) is 0 Å². The van der Waals surface area contributed by atoms with Crippen LogP contribution in [0.1, 0.15) is 245 Å². The van der Waals surface area contributed by atoms with E-state index < -0.39 is 6.10 Å². The van der Waals surface area contributed by atoms with Gasteiger partial charge in [0.1, 0.15) is 13.2 Å². The lowest BCUT2D eigenvalue weighted by molar-refractivity contribution is -0.167. The number of carbonyl (C=O) groups excluding carboxylic acids is 3. The van der Waals surface area contributed by atoms with Gasteiger partial charge in [0.15, 0.2) is 6.10 Å². The zero-order valence-electron chi connectivity index (χ0n) is 38.3. The Morgan fingerprint density at radius 3 is 1.05 bits per heavy atom. The predicted molar refractivity (Wildman–Crippen MR) is 247 cm³/mol. The smallest absolute Gasteiger partial charge is 0.306 e. The van der Waals surface area contributed by atoms with Crippen LogP contribution in [0.15, 0.2) is 48.6 Å². The number of hydrogen-bond acceptors (Lipinski definition) is 6. The van der Waals surface area contributed by atoms with Gasteiger partial charge in [-0.2, -0.15) is 0 Å². The van der Waals surface area contributed by atoms with E-state index in [1.165, 1.54) is 122 Å². The molecule has 58 heavy (non-hydrogen) atoms. The highest BCUT2D eigenvalue weighted by Crippen LogP contribution is 2.14. The zero-order chi connectivity index (χ0) is 42.3. The van der Waals surface area contributed by atoms with E-state index in [1.807, 2.05) is 0 Å². The molecule has 1 unspecified atom stereocenters. The van der Waals surface area contributed by atoms with Gasteiger partial charge in [0.2, 0.25) is 0 Å². The molecule has 6 nitrogen and oxygen atoms in total. The molecule has 0 radical (unpaired) electrons. The number of unbranched alkanes of at least 4 members (excludes halogenated alkanes) is 26. The number of ether oxygens (including phenoxy) is 3. The van der Waals surface area contributed by atoms with Crippen LogP contribution in [0.25, 0.3) is 0 Å². The van der Waals surface area contributed by atoms with Gasteiger partial charge in [-0.25, -0.2) is 0 Å². The molecular weight excluding hydrogens is 721 g/mol. The molecule has 0 aliphatic heterocycles. The number of esters is 3. The van der Waals surface area contributed by atoms with Gasteiger partial charge in [0.05, 0.1) is 0 Å². The Labute approximate surface area is 358 Å². The van der Waals surface area contributed by atoms with Crippen molar-refractivity contribution in [3.63, 3.8) is 0 Å². The Hall–Kier alpha value is -2.63. The molecule has 0 fully saturated rings. The summed E-state index contributed by atoms with van der Waals surface area (Å²) in [5, 5.41) is 0. The molecule has 0 rings (SSSR count). The molecular formula is C52H92O6. The molecule has 0 aromatic heterocycles. The van der Waals surface area contributed by atoms with Gasteiger partial charge in [-0.3, -0.25) is 14.4 Å². The maximum absolute atomic E-state index is 12.7. The number of rotatable bonds is 44. The predicted octanol–water partition coefficient (Wildman–Crippen LogP) is 15.9. The van der Waals surface area contributed by atoms with Gasteiger partial charge in [-0.05, 0) is 89.9 Å². The summed E-state index contributed by atoms with van der Waals surface area (Å²) < 4.78 is 16.7. The third-order valence-electron chi connectivity index (χ3n) is 10.6. The normalized spacial score (nSPS) is 12.4.